The van der Waals surface area contributed by atoms with E-state index < -0.39 is 5.72 Å². The minimum absolute atomic E-state index is 0.0953. The molecule has 1 atom stereocenters. The molecule has 1 rings (SSSR count). The van der Waals surface area contributed by atoms with E-state index in [0.29, 0.717) is 6.61 Å². The highest BCUT2D eigenvalue weighted by Crippen LogP contribution is 2.35. The van der Waals surface area contributed by atoms with Crippen molar-refractivity contribution >= 4 is 6.09 Å². The van der Waals surface area contributed by atoms with Crippen LogP contribution in [-0.4, -0.2) is 60.5 Å². The van der Waals surface area contributed by atoms with E-state index in [9.17, 15) is 4.79 Å². The molecule has 0 radical (unpaired) electrons. The Labute approximate surface area is 116 Å². The summed E-state index contributed by atoms with van der Waals surface area (Å²) >= 11 is 0. The molecule has 1 aliphatic heterocycles. The van der Waals surface area contributed by atoms with E-state index >= 15 is 0 Å². The van der Waals surface area contributed by atoms with Gasteiger partial charge in [-0.1, -0.05) is 0 Å². The average Bonchev–Trinajstić information content (AvgIpc) is 2.45. The predicted molar refractivity (Wildman–Crippen MR) is 75.1 cm³/mol. The molecule has 1 saturated heterocycles. The molecule has 0 aliphatic carbocycles. The van der Waals surface area contributed by atoms with Crippen LogP contribution in [0, 0.1) is 0 Å². The van der Waals surface area contributed by atoms with Crippen molar-refractivity contribution in [3.63, 3.8) is 0 Å². The second-order valence-electron chi connectivity index (χ2n) is 6.67. The summed E-state index contributed by atoms with van der Waals surface area (Å²) in [4.78, 5) is 16.1. The molecule has 19 heavy (non-hydrogen) atoms. The Morgan fingerprint density at radius 3 is 2.37 bits per heavy atom. The number of hydrogen-bond donors (Lipinski definition) is 0. The van der Waals surface area contributed by atoms with Crippen LogP contribution in [-0.2, 0) is 9.47 Å². The second-order valence-corrected chi connectivity index (χ2v) is 6.67. The third-order valence-electron chi connectivity index (χ3n) is 3.39. The molecule has 1 fully saturated rings. The summed E-state index contributed by atoms with van der Waals surface area (Å²) < 4.78 is 11.2. The lowest BCUT2D eigenvalue weighted by Gasteiger charge is -2.37. The van der Waals surface area contributed by atoms with Crippen molar-refractivity contribution in [2.24, 2.45) is 0 Å². The van der Waals surface area contributed by atoms with Gasteiger partial charge in [-0.2, -0.15) is 0 Å². The summed E-state index contributed by atoms with van der Waals surface area (Å²) in [6, 6.07) is 0. The summed E-state index contributed by atoms with van der Waals surface area (Å²) in [6.07, 6.45) is 0.440. The number of rotatable bonds is 4. The van der Waals surface area contributed by atoms with Crippen LogP contribution in [0.3, 0.4) is 0 Å². The van der Waals surface area contributed by atoms with E-state index in [2.05, 4.69) is 4.90 Å². The summed E-state index contributed by atoms with van der Waals surface area (Å²) in [6.45, 7) is 11.1. The first kappa shape index (κ1) is 16.2. The number of hydrogen-bond acceptors (Lipinski definition) is 4. The summed E-state index contributed by atoms with van der Waals surface area (Å²) in [5.41, 5.74) is -0.941. The molecule has 5 heteroatoms. The van der Waals surface area contributed by atoms with Gasteiger partial charge in [0.15, 0.2) is 0 Å². The number of nitrogens with zero attached hydrogens (tertiary/aromatic N) is 2. The molecular formula is C14H28N2O3. The normalized spacial score (nSPS) is 22.6. The molecule has 0 bridgehead atoms. The third-order valence-corrected chi connectivity index (χ3v) is 3.39. The molecule has 1 heterocycles. The topological polar surface area (TPSA) is 42.0 Å². The van der Waals surface area contributed by atoms with Gasteiger partial charge < -0.3 is 14.4 Å². The van der Waals surface area contributed by atoms with E-state index in [0.717, 1.165) is 13.0 Å². The maximum atomic E-state index is 12.3. The summed E-state index contributed by atoms with van der Waals surface area (Å²) in [5, 5.41) is 0. The van der Waals surface area contributed by atoms with E-state index in [1.807, 2.05) is 48.7 Å². The van der Waals surface area contributed by atoms with Crippen LogP contribution in [0.1, 0.15) is 41.0 Å². The van der Waals surface area contributed by atoms with Crippen LogP contribution in [0.15, 0.2) is 0 Å². The van der Waals surface area contributed by atoms with Gasteiger partial charge in [0.25, 0.3) is 0 Å². The highest BCUT2D eigenvalue weighted by Gasteiger charge is 2.49. The van der Waals surface area contributed by atoms with Crippen molar-refractivity contribution in [3.05, 3.63) is 0 Å². The zero-order valence-corrected chi connectivity index (χ0v) is 13.3. The fourth-order valence-electron chi connectivity index (χ4n) is 2.40. The Balaban J connectivity index is 2.61. The molecule has 0 unspecified atom stereocenters. The quantitative estimate of drug-likeness (QED) is 0.787. The van der Waals surface area contributed by atoms with Gasteiger partial charge in [-0.3, -0.25) is 4.90 Å². The SMILES string of the molecule is C[C@@H](CCN(C)C)OC(=O)N1C(C)(C)COC1(C)C. The van der Waals surface area contributed by atoms with Gasteiger partial charge in [0.1, 0.15) is 11.8 Å². The molecule has 0 aromatic carbocycles. The van der Waals surface area contributed by atoms with Gasteiger partial charge in [0.2, 0.25) is 0 Å². The molecular weight excluding hydrogens is 244 g/mol. The van der Waals surface area contributed by atoms with Crippen LogP contribution in [0.4, 0.5) is 4.79 Å². The molecule has 1 aliphatic rings. The fraction of sp³-hybridized carbons (Fsp3) is 0.929. The zero-order valence-electron chi connectivity index (χ0n) is 13.3. The average molecular weight is 272 g/mol. The Kier molecular flexibility index (Phi) is 4.85. The lowest BCUT2D eigenvalue weighted by Crippen LogP contribution is -2.53. The van der Waals surface area contributed by atoms with Crippen molar-refractivity contribution in [3.8, 4) is 0 Å². The van der Waals surface area contributed by atoms with Crippen molar-refractivity contribution in [1.82, 2.24) is 9.80 Å². The maximum absolute atomic E-state index is 12.3. The van der Waals surface area contributed by atoms with Gasteiger partial charge in [-0.05, 0) is 55.1 Å². The first-order valence-corrected chi connectivity index (χ1v) is 6.86. The van der Waals surface area contributed by atoms with E-state index in [-0.39, 0.29) is 17.7 Å². The Morgan fingerprint density at radius 2 is 1.95 bits per heavy atom. The highest BCUT2D eigenvalue weighted by molar-refractivity contribution is 5.70. The molecule has 0 spiro atoms. The van der Waals surface area contributed by atoms with Crippen LogP contribution in [0.5, 0.6) is 0 Å². The minimum atomic E-state index is -0.609. The highest BCUT2D eigenvalue weighted by atomic mass is 16.6. The Hall–Kier alpha value is -0.810. The standard InChI is InChI=1S/C14H28N2O3/c1-11(8-9-15(6)7)19-12(17)16-13(2,3)10-18-14(16,4)5/h11H,8-10H2,1-7H3/t11-/m0/s1. The van der Waals surface area contributed by atoms with Crippen molar-refractivity contribution in [1.29, 1.82) is 0 Å². The number of carbonyl (C=O) groups is 1. The summed E-state index contributed by atoms with van der Waals surface area (Å²) in [7, 11) is 4.02. The Bertz CT molecular complexity index is 311. The van der Waals surface area contributed by atoms with E-state index in [1.165, 1.54) is 0 Å². The molecule has 5 nitrogen and oxygen atoms in total. The molecule has 0 saturated carbocycles. The fourth-order valence-corrected chi connectivity index (χ4v) is 2.40. The lowest BCUT2D eigenvalue weighted by atomic mass is 10.0. The molecule has 0 N–H and O–H groups in total. The van der Waals surface area contributed by atoms with Crippen molar-refractivity contribution < 1.29 is 14.3 Å². The lowest BCUT2D eigenvalue weighted by molar-refractivity contribution is -0.0578. The van der Waals surface area contributed by atoms with Gasteiger partial charge in [-0.25, -0.2) is 4.79 Å². The van der Waals surface area contributed by atoms with Gasteiger partial charge >= 0.3 is 6.09 Å². The first-order chi connectivity index (χ1) is 8.56. The van der Waals surface area contributed by atoms with Crippen LogP contribution >= 0.6 is 0 Å². The molecule has 0 aromatic heterocycles. The predicted octanol–water partition coefficient (Wildman–Crippen LogP) is 2.31. The van der Waals surface area contributed by atoms with Crippen LogP contribution < -0.4 is 0 Å². The number of carbonyl (C=O) groups excluding carboxylic acids is 1. The second kappa shape index (κ2) is 5.67. The maximum Gasteiger partial charge on any atom is 0.412 e. The van der Waals surface area contributed by atoms with Crippen molar-refractivity contribution in [2.45, 2.75) is 58.4 Å². The molecule has 0 aromatic rings. The number of amides is 1. The molecule has 112 valence electrons. The van der Waals surface area contributed by atoms with Crippen molar-refractivity contribution in [2.75, 3.05) is 27.2 Å². The van der Waals surface area contributed by atoms with E-state index in [1.54, 1.807) is 4.90 Å². The smallest absolute Gasteiger partial charge is 0.412 e. The first-order valence-electron chi connectivity index (χ1n) is 6.86. The largest absolute Gasteiger partial charge is 0.446 e. The van der Waals surface area contributed by atoms with Gasteiger partial charge in [0.05, 0.1) is 12.1 Å². The van der Waals surface area contributed by atoms with Crippen LogP contribution in [0.25, 0.3) is 0 Å². The Morgan fingerprint density at radius 1 is 1.37 bits per heavy atom. The van der Waals surface area contributed by atoms with Gasteiger partial charge in [0, 0.05) is 6.54 Å². The molecule has 1 amide bonds. The zero-order chi connectivity index (χ0) is 14.8. The third kappa shape index (κ3) is 4.08. The van der Waals surface area contributed by atoms with Crippen LogP contribution in [0.2, 0.25) is 0 Å². The van der Waals surface area contributed by atoms with Gasteiger partial charge in [-0.15, -0.1) is 0 Å². The number of ether oxygens (including phenoxy) is 2. The van der Waals surface area contributed by atoms with E-state index in [4.69, 9.17) is 9.47 Å². The summed E-state index contributed by atoms with van der Waals surface area (Å²) in [5.74, 6) is 0. The monoisotopic (exact) mass is 272 g/mol. The minimum Gasteiger partial charge on any atom is -0.446 e.